The first kappa shape index (κ1) is 21.7. The van der Waals surface area contributed by atoms with Crippen LogP contribution in [0.3, 0.4) is 0 Å². The van der Waals surface area contributed by atoms with Crippen LogP contribution in [0.15, 0.2) is 24.3 Å². The fourth-order valence-corrected chi connectivity index (χ4v) is 3.08. The van der Waals surface area contributed by atoms with Crippen molar-refractivity contribution in [2.24, 2.45) is 0 Å². The molecule has 1 aliphatic heterocycles. The molecule has 0 bridgehead atoms. The molecular formula is C19H26ClN5O3. The van der Waals surface area contributed by atoms with Crippen LogP contribution in [0.1, 0.15) is 35.6 Å². The zero-order valence-electron chi connectivity index (χ0n) is 16.1. The van der Waals surface area contributed by atoms with Crippen molar-refractivity contribution in [2.75, 3.05) is 31.6 Å². The van der Waals surface area contributed by atoms with Crippen LogP contribution in [0.4, 0.5) is 5.69 Å². The number of amides is 2. The minimum absolute atomic E-state index is 0. The largest absolute Gasteiger partial charge is 0.484 e. The Labute approximate surface area is 170 Å². The third-order valence-electron chi connectivity index (χ3n) is 4.59. The number of hydrogen-bond acceptors (Lipinski definition) is 5. The zero-order chi connectivity index (χ0) is 19.2. The number of ether oxygens (including phenoxy) is 1. The van der Waals surface area contributed by atoms with Crippen LogP contribution in [-0.2, 0) is 17.8 Å². The van der Waals surface area contributed by atoms with E-state index in [1.54, 1.807) is 29.2 Å². The summed E-state index contributed by atoms with van der Waals surface area (Å²) in [6.45, 7) is 6.64. The van der Waals surface area contributed by atoms with Gasteiger partial charge in [-0.3, -0.25) is 14.7 Å². The molecule has 3 N–H and O–H groups in total. The molecule has 0 aliphatic carbocycles. The first-order valence-electron chi connectivity index (χ1n) is 9.21. The molecule has 152 valence electrons. The lowest BCUT2D eigenvalue weighted by atomic mass is 10.1. The van der Waals surface area contributed by atoms with Crippen LogP contribution in [-0.4, -0.2) is 53.2 Å². The summed E-state index contributed by atoms with van der Waals surface area (Å²) in [5, 5.41) is 13.2. The van der Waals surface area contributed by atoms with Gasteiger partial charge in [0, 0.05) is 55.6 Å². The van der Waals surface area contributed by atoms with Crippen molar-refractivity contribution in [3.8, 4) is 5.75 Å². The lowest BCUT2D eigenvalue weighted by Crippen LogP contribution is -2.34. The number of fused-ring (bicyclic) bond motifs is 1. The molecule has 1 aliphatic rings. The maximum absolute atomic E-state index is 12.6. The number of nitrogens with one attached hydrogen (secondary N) is 3. The predicted molar refractivity (Wildman–Crippen MR) is 109 cm³/mol. The number of carbonyl (C=O) groups is 2. The third kappa shape index (κ3) is 5.02. The van der Waals surface area contributed by atoms with Crippen LogP contribution in [0.25, 0.3) is 0 Å². The van der Waals surface area contributed by atoms with E-state index in [9.17, 15) is 9.59 Å². The highest BCUT2D eigenvalue weighted by Gasteiger charge is 2.21. The fourth-order valence-electron chi connectivity index (χ4n) is 3.08. The summed E-state index contributed by atoms with van der Waals surface area (Å²) in [4.78, 5) is 26.3. The summed E-state index contributed by atoms with van der Waals surface area (Å²) in [5.41, 5.74) is 2.91. The maximum atomic E-state index is 12.6. The van der Waals surface area contributed by atoms with E-state index in [4.69, 9.17) is 4.74 Å². The van der Waals surface area contributed by atoms with Gasteiger partial charge in [-0.05, 0) is 26.0 Å². The Morgan fingerprint density at radius 2 is 2.07 bits per heavy atom. The minimum Gasteiger partial charge on any atom is -0.484 e. The fraction of sp³-hybridized carbons (Fsp3) is 0.421. The molecule has 0 fully saturated rings. The molecule has 0 unspecified atom stereocenters. The Balaban J connectivity index is 0.00000280. The highest BCUT2D eigenvalue weighted by molar-refractivity contribution is 6.04. The summed E-state index contributed by atoms with van der Waals surface area (Å²) in [6.07, 6.45) is 0.833. The van der Waals surface area contributed by atoms with Crippen molar-refractivity contribution in [2.45, 2.75) is 26.8 Å². The van der Waals surface area contributed by atoms with Gasteiger partial charge in [0.1, 0.15) is 5.75 Å². The Kier molecular flexibility index (Phi) is 7.83. The molecule has 2 heterocycles. The number of H-pyrrole nitrogens is 1. The molecular weight excluding hydrogens is 382 g/mol. The van der Waals surface area contributed by atoms with Crippen molar-refractivity contribution < 1.29 is 14.3 Å². The Bertz CT molecular complexity index is 820. The topological polar surface area (TPSA) is 99.3 Å². The molecule has 2 aromatic rings. The number of carbonyl (C=O) groups excluding carboxylic acids is 2. The van der Waals surface area contributed by atoms with E-state index in [0.29, 0.717) is 36.8 Å². The van der Waals surface area contributed by atoms with Crippen LogP contribution in [0, 0.1) is 0 Å². The van der Waals surface area contributed by atoms with Crippen LogP contribution < -0.4 is 15.4 Å². The second kappa shape index (κ2) is 10.1. The van der Waals surface area contributed by atoms with Crippen molar-refractivity contribution >= 4 is 29.9 Å². The third-order valence-corrected chi connectivity index (χ3v) is 4.59. The van der Waals surface area contributed by atoms with Gasteiger partial charge in [-0.15, -0.1) is 12.4 Å². The van der Waals surface area contributed by atoms with E-state index in [1.807, 2.05) is 13.8 Å². The monoisotopic (exact) mass is 407 g/mol. The van der Waals surface area contributed by atoms with Gasteiger partial charge in [-0.2, -0.15) is 5.10 Å². The number of anilines is 1. The smallest absolute Gasteiger partial charge is 0.276 e. The lowest BCUT2D eigenvalue weighted by Gasteiger charge is -2.18. The van der Waals surface area contributed by atoms with Gasteiger partial charge in [0.2, 0.25) is 0 Å². The number of aromatic amines is 1. The van der Waals surface area contributed by atoms with Gasteiger partial charge in [0.05, 0.1) is 0 Å². The molecule has 28 heavy (non-hydrogen) atoms. The first-order valence-corrected chi connectivity index (χ1v) is 9.21. The van der Waals surface area contributed by atoms with E-state index in [0.717, 1.165) is 24.2 Å². The van der Waals surface area contributed by atoms with Crippen molar-refractivity contribution in [3.05, 3.63) is 41.2 Å². The molecule has 0 saturated heterocycles. The highest BCUT2D eigenvalue weighted by Crippen LogP contribution is 2.20. The summed E-state index contributed by atoms with van der Waals surface area (Å²) in [6, 6.07) is 7.00. The number of benzene rings is 1. The molecule has 0 radical (unpaired) electrons. The number of hydrogen-bond donors (Lipinski definition) is 3. The van der Waals surface area contributed by atoms with Gasteiger partial charge in [-0.1, -0.05) is 6.07 Å². The SMILES string of the molecule is CCN(CC)C(=O)COc1cccc(NC(=O)c2n[nH]c3c2CNCC3)c1.Cl. The number of rotatable bonds is 7. The number of halogens is 1. The molecule has 9 heteroatoms. The molecule has 2 amide bonds. The van der Waals surface area contributed by atoms with Gasteiger partial charge in [0.25, 0.3) is 11.8 Å². The van der Waals surface area contributed by atoms with E-state index in [-0.39, 0.29) is 30.8 Å². The Hall–Kier alpha value is -2.58. The average molecular weight is 408 g/mol. The van der Waals surface area contributed by atoms with Crippen molar-refractivity contribution in [1.29, 1.82) is 0 Å². The van der Waals surface area contributed by atoms with Crippen molar-refractivity contribution in [1.82, 2.24) is 20.4 Å². The molecule has 0 saturated carbocycles. The highest BCUT2D eigenvalue weighted by atomic mass is 35.5. The van der Waals surface area contributed by atoms with Crippen LogP contribution >= 0.6 is 12.4 Å². The van der Waals surface area contributed by atoms with E-state index < -0.39 is 0 Å². The van der Waals surface area contributed by atoms with Gasteiger partial charge < -0.3 is 20.3 Å². The minimum atomic E-state index is -0.271. The maximum Gasteiger partial charge on any atom is 0.276 e. The molecule has 1 aromatic heterocycles. The van der Waals surface area contributed by atoms with Gasteiger partial charge in [0.15, 0.2) is 12.3 Å². The van der Waals surface area contributed by atoms with E-state index in [2.05, 4.69) is 20.8 Å². The van der Waals surface area contributed by atoms with E-state index >= 15 is 0 Å². The predicted octanol–water partition coefficient (Wildman–Crippen LogP) is 1.98. The van der Waals surface area contributed by atoms with E-state index in [1.165, 1.54) is 0 Å². The quantitative estimate of drug-likeness (QED) is 0.651. The van der Waals surface area contributed by atoms with Crippen LogP contribution in [0.5, 0.6) is 5.75 Å². The van der Waals surface area contributed by atoms with Crippen molar-refractivity contribution in [3.63, 3.8) is 0 Å². The zero-order valence-corrected chi connectivity index (χ0v) is 16.9. The molecule has 3 rings (SSSR count). The average Bonchev–Trinajstić information content (AvgIpc) is 3.12. The second-order valence-electron chi connectivity index (χ2n) is 6.29. The summed E-state index contributed by atoms with van der Waals surface area (Å²) >= 11 is 0. The van der Waals surface area contributed by atoms with Crippen LogP contribution in [0.2, 0.25) is 0 Å². The summed E-state index contributed by atoms with van der Waals surface area (Å²) in [5.74, 6) is 0.191. The normalized spacial score (nSPS) is 12.5. The van der Waals surface area contributed by atoms with Gasteiger partial charge >= 0.3 is 0 Å². The Morgan fingerprint density at radius 3 is 2.82 bits per heavy atom. The number of aromatic nitrogens is 2. The second-order valence-corrected chi connectivity index (χ2v) is 6.29. The standard InChI is InChI=1S/C19H25N5O3.ClH/c1-3-24(4-2)17(25)12-27-14-7-5-6-13(10-14)21-19(26)18-15-11-20-9-8-16(15)22-23-18;/h5-7,10,20H,3-4,8-9,11-12H2,1-2H3,(H,21,26)(H,22,23);1H. The summed E-state index contributed by atoms with van der Waals surface area (Å²) < 4.78 is 5.58. The lowest BCUT2D eigenvalue weighted by molar-refractivity contribution is -0.132. The molecule has 0 spiro atoms. The molecule has 1 aromatic carbocycles. The molecule has 0 atom stereocenters. The number of likely N-dealkylation sites (N-methyl/N-ethyl adjacent to an activating group) is 1. The number of nitrogens with zero attached hydrogens (tertiary/aromatic N) is 2. The van der Waals surface area contributed by atoms with Gasteiger partial charge in [-0.25, -0.2) is 0 Å². The molecule has 8 nitrogen and oxygen atoms in total. The Morgan fingerprint density at radius 1 is 1.29 bits per heavy atom. The first-order chi connectivity index (χ1) is 13.1. The summed E-state index contributed by atoms with van der Waals surface area (Å²) in [7, 11) is 0.